The molecule has 1 heterocycles. The molecular formula is C18H16Cl2N4O2. The van der Waals surface area contributed by atoms with Gasteiger partial charge in [-0.3, -0.25) is 9.59 Å². The molecule has 26 heavy (non-hydrogen) atoms. The van der Waals surface area contributed by atoms with Crippen molar-refractivity contribution in [2.45, 2.75) is 25.9 Å². The highest BCUT2D eigenvalue weighted by atomic mass is 35.5. The van der Waals surface area contributed by atoms with Crippen molar-refractivity contribution in [3.63, 3.8) is 0 Å². The van der Waals surface area contributed by atoms with Crippen molar-refractivity contribution in [3.8, 4) is 0 Å². The first-order valence-corrected chi connectivity index (χ1v) is 8.78. The van der Waals surface area contributed by atoms with Gasteiger partial charge in [-0.15, -0.1) is 5.10 Å². The normalized spacial score (nSPS) is 12.1. The van der Waals surface area contributed by atoms with Gasteiger partial charge < -0.3 is 5.32 Å². The molecule has 0 spiro atoms. The van der Waals surface area contributed by atoms with Gasteiger partial charge in [0.25, 0.3) is 5.56 Å². The molecule has 0 bridgehead atoms. The molecule has 134 valence electrons. The molecule has 1 N–H and O–H groups in total. The van der Waals surface area contributed by atoms with Crippen LogP contribution in [0.2, 0.25) is 10.0 Å². The lowest BCUT2D eigenvalue weighted by molar-refractivity contribution is -0.122. The van der Waals surface area contributed by atoms with Gasteiger partial charge >= 0.3 is 0 Å². The van der Waals surface area contributed by atoms with Gasteiger partial charge in [-0.25, -0.2) is 4.68 Å². The molecule has 3 rings (SSSR count). The lowest BCUT2D eigenvalue weighted by atomic mass is 10.1. The Morgan fingerprint density at radius 2 is 1.96 bits per heavy atom. The molecule has 0 saturated heterocycles. The lowest BCUT2D eigenvalue weighted by Gasteiger charge is -2.15. The van der Waals surface area contributed by atoms with Gasteiger partial charge in [-0.1, -0.05) is 46.6 Å². The summed E-state index contributed by atoms with van der Waals surface area (Å²) < 4.78 is 1.20. The van der Waals surface area contributed by atoms with E-state index in [4.69, 9.17) is 23.2 Å². The predicted molar refractivity (Wildman–Crippen MR) is 101 cm³/mol. The third kappa shape index (κ3) is 4.03. The van der Waals surface area contributed by atoms with E-state index in [9.17, 15) is 9.59 Å². The zero-order valence-corrected chi connectivity index (χ0v) is 15.5. The van der Waals surface area contributed by atoms with E-state index in [-0.39, 0.29) is 30.5 Å². The fourth-order valence-electron chi connectivity index (χ4n) is 2.56. The number of aromatic nitrogens is 3. The minimum Gasteiger partial charge on any atom is -0.350 e. The summed E-state index contributed by atoms with van der Waals surface area (Å²) >= 11 is 11.9. The van der Waals surface area contributed by atoms with Crippen LogP contribution in [-0.4, -0.2) is 20.9 Å². The van der Waals surface area contributed by atoms with Gasteiger partial charge in [-0.2, -0.15) is 0 Å². The van der Waals surface area contributed by atoms with Gasteiger partial charge in [0.15, 0.2) is 0 Å². The quantitative estimate of drug-likeness (QED) is 0.724. The van der Waals surface area contributed by atoms with Crippen LogP contribution in [0.3, 0.4) is 0 Å². The van der Waals surface area contributed by atoms with Crippen LogP contribution < -0.4 is 10.9 Å². The number of amides is 1. The van der Waals surface area contributed by atoms with Crippen molar-refractivity contribution in [2.75, 3.05) is 0 Å². The molecule has 0 saturated carbocycles. The number of rotatable bonds is 5. The number of hydrogen-bond donors (Lipinski definition) is 1. The third-order valence-electron chi connectivity index (χ3n) is 4.00. The fourth-order valence-corrected chi connectivity index (χ4v) is 2.86. The van der Waals surface area contributed by atoms with Gasteiger partial charge in [0.2, 0.25) is 5.91 Å². The first-order chi connectivity index (χ1) is 12.5. The van der Waals surface area contributed by atoms with Gasteiger partial charge in [0.05, 0.1) is 28.0 Å². The van der Waals surface area contributed by atoms with Crippen molar-refractivity contribution < 1.29 is 4.79 Å². The number of hydrogen-bond acceptors (Lipinski definition) is 4. The Labute approximate surface area is 159 Å². The zero-order chi connectivity index (χ0) is 18.7. The largest absolute Gasteiger partial charge is 0.350 e. The maximum Gasteiger partial charge on any atom is 0.277 e. The fraction of sp³-hybridized carbons (Fsp3) is 0.222. The van der Waals surface area contributed by atoms with E-state index in [1.54, 1.807) is 42.5 Å². The average molecular weight is 391 g/mol. The molecule has 3 aromatic rings. The zero-order valence-electron chi connectivity index (χ0n) is 13.9. The van der Waals surface area contributed by atoms with Crippen LogP contribution >= 0.6 is 23.2 Å². The maximum atomic E-state index is 12.4. The number of aryl methyl sites for hydroxylation is 1. The lowest BCUT2D eigenvalue weighted by Crippen LogP contribution is -2.30. The first kappa shape index (κ1) is 18.4. The summed E-state index contributed by atoms with van der Waals surface area (Å²) in [5.41, 5.74) is 1.11. The number of nitrogens with zero attached hydrogens (tertiary/aromatic N) is 3. The van der Waals surface area contributed by atoms with Crippen molar-refractivity contribution in [3.05, 3.63) is 68.4 Å². The van der Waals surface area contributed by atoms with E-state index in [2.05, 4.69) is 15.6 Å². The number of halogens is 2. The third-order valence-corrected chi connectivity index (χ3v) is 4.74. The smallest absolute Gasteiger partial charge is 0.277 e. The Balaban J connectivity index is 1.64. The maximum absolute atomic E-state index is 12.4. The number of carbonyl (C=O) groups excluding carboxylic acids is 1. The number of carbonyl (C=O) groups is 1. The van der Waals surface area contributed by atoms with Crippen molar-refractivity contribution in [1.82, 2.24) is 20.3 Å². The standard InChI is InChI=1S/C18H16Cl2N4O2/c1-11(12-6-7-14(19)15(20)10-12)21-17(25)8-9-24-18(26)13-4-2-3-5-16(13)22-23-24/h2-7,10-11H,8-9H2,1H3,(H,21,25). The summed E-state index contributed by atoms with van der Waals surface area (Å²) in [7, 11) is 0. The summed E-state index contributed by atoms with van der Waals surface area (Å²) in [6.45, 7) is 2.00. The van der Waals surface area contributed by atoms with Gasteiger partial charge in [0, 0.05) is 6.42 Å². The van der Waals surface area contributed by atoms with Crippen molar-refractivity contribution in [2.24, 2.45) is 0 Å². The monoisotopic (exact) mass is 390 g/mol. The summed E-state index contributed by atoms with van der Waals surface area (Å²) in [5.74, 6) is -0.203. The van der Waals surface area contributed by atoms with E-state index in [0.717, 1.165) is 5.56 Å². The molecule has 0 aliphatic heterocycles. The Morgan fingerprint density at radius 1 is 1.19 bits per heavy atom. The average Bonchev–Trinajstić information content (AvgIpc) is 2.63. The summed E-state index contributed by atoms with van der Waals surface area (Å²) in [6.07, 6.45) is 0.110. The van der Waals surface area contributed by atoms with E-state index in [1.807, 2.05) is 6.92 Å². The molecule has 2 aromatic carbocycles. The Morgan fingerprint density at radius 3 is 2.73 bits per heavy atom. The molecule has 1 unspecified atom stereocenters. The van der Waals surface area contributed by atoms with Crippen LogP contribution in [0.4, 0.5) is 0 Å². The van der Waals surface area contributed by atoms with Crippen LogP contribution in [0.25, 0.3) is 10.9 Å². The van der Waals surface area contributed by atoms with Crippen molar-refractivity contribution >= 4 is 40.0 Å². The highest BCUT2D eigenvalue weighted by Gasteiger charge is 2.12. The molecule has 1 amide bonds. The Hall–Kier alpha value is -2.44. The van der Waals surface area contributed by atoms with Crippen LogP contribution in [0.1, 0.15) is 24.9 Å². The van der Waals surface area contributed by atoms with Crippen LogP contribution in [-0.2, 0) is 11.3 Å². The van der Waals surface area contributed by atoms with Gasteiger partial charge in [-0.05, 0) is 36.8 Å². The second kappa shape index (κ2) is 7.85. The highest BCUT2D eigenvalue weighted by molar-refractivity contribution is 6.42. The molecule has 0 aliphatic carbocycles. The highest BCUT2D eigenvalue weighted by Crippen LogP contribution is 2.25. The predicted octanol–water partition coefficient (Wildman–Crippen LogP) is 3.37. The second-order valence-corrected chi connectivity index (χ2v) is 6.66. The molecule has 0 aliphatic rings. The molecule has 0 fully saturated rings. The summed E-state index contributed by atoms with van der Waals surface area (Å²) in [4.78, 5) is 24.5. The molecule has 1 atom stereocenters. The molecule has 0 radical (unpaired) electrons. The number of nitrogens with one attached hydrogen (secondary N) is 1. The summed E-state index contributed by atoms with van der Waals surface area (Å²) in [6, 6.07) is 11.9. The Bertz CT molecular complexity index is 1020. The topological polar surface area (TPSA) is 76.9 Å². The first-order valence-electron chi connectivity index (χ1n) is 8.02. The van der Waals surface area contributed by atoms with E-state index >= 15 is 0 Å². The summed E-state index contributed by atoms with van der Waals surface area (Å²) in [5, 5.41) is 12.1. The molecule has 8 heteroatoms. The molecule has 1 aromatic heterocycles. The molecular weight excluding hydrogens is 375 g/mol. The van der Waals surface area contributed by atoms with E-state index < -0.39 is 0 Å². The number of fused-ring (bicyclic) bond motifs is 1. The SMILES string of the molecule is CC(NC(=O)CCn1nnc2ccccc2c1=O)c1ccc(Cl)c(Cl)c1. The van der Waals surface area contributed by atoms with E-state index in [0.29, 0.717) is 20.9 Å². The van der Waals surface area contributed by atoms with Crippen LogP contribution in [0.5, 0.6) is 0 Å². The molecule has 6 nitrogen and oxygen atoms in total. The Kier molecular flexibility index (Phi) is 5.54. The van der Waals surface area contributed by atoms with Crippen LogP contribution in [0.15, 0.2) is 47.3 Å². The second-order valence-electron chi connectivity index (χ2n) is 5.85. The van der Waals surface area contributed by atoms with Crippen molar-refractivity contribution in [1.29, 1.82) is 0 Å². The van der Waals surface area contributed by atoms with Gasteiger partial charge in [0.1, 0.15) is 5.52 Å². The minimum absolute atomic E-state index is 0.110. The minimum atomic E-state index is -0.263. The van der Waals surface area contributed by atoms with E-state index in [1.165, 1.54) is 4.68 Å². The van der Waals surface area contributed by atoms with Crippen LogP contribution in [0, 0.1) is 0 Å². The number of benzene rings is 2.